The molecule has 18 heavy (non-hydrogen) atoms. The third-order valence-corrected chi connectivity index (χ3v) is 2.07. The first-order valence-electron chi connectivity index (χ1n) is 5.09. The molecule has 1 aliphatic rings. The Kier molecular flexibility index (Phi) is 15.1. The van der Waals surface area contributed by atoms with Crippen molar-refractivity contribution in [1.82, 2.24) is 0 Å². The molecule has 1 N–H and O–H groups in total. The van der Waals surface area contributed by atoms with Gasteiger partial charge in [0.25, 0.3) is 0 Å². The number of rotatable bonds is 0. The van der Waals surface area contributed by atoms with E-state index < -0.39 is 0 Å². The second kappa shape index (κ2) is 11.9. The molecule has 0 amide bonds. The normalized spacial score (nSPS) is 10.9. The average Bonchev–Trinajstić information content (AvgIpc) is 2.54. The molecule has 1 aromatic carbocycles. The monoisotopic (exact) mass is 321 g/mol. The molecular weight excluding hydrogens is 303 g/mol. The number of hydrogen-bond acceptors (Lipinski definition) is 1. The summed E-state index contributed by atoms with van der Waals surface area (Å²) in [5, 5.41) is 8.99. The molecule has 0 bridgehead atoms. The van der Waals surface area contributed by atoms with Crippen LogP contribution in [0.3, 0.4) is 0 Å². The molecule has 1 nitrogen and oxygen atoms in total. The third kappa shape index (κ3) is 9.79. The molecule has 0 unspecified atom stereocenters. The minimum absolute atomic E-state index is 0. The van der Waals surface area contributed by atoms with Crippen LogP contribution in [0.5, 0.6) is 5.75 Å². The minimum Gasteiger partial charge on any atom is -0.508 e. The van der Waals surface area contributed by atoms with Crippen LogP contribution in [0.2, 0.25) is 0 Å². The third-order valence-electron chi connectivity index (χ3n) is 2.07. The number of benzene rings is 1. The zero-order valence-electron chi connectivity index (χ0n) is 10.9. The molecule has 0 spiro atoms. The van der Waals surface area contributed by atoms with Gasteiger partial charge < -0.3 is 5.11 Å². The van der Waals surface area contributed by atoms with E-state index >= 15 is 0 Å². The molecule has 0 aliphatic heterocycles. The van der Waals surface area contributed by atoms with E-state index in [0.717, 1.165) is 17.5 Å². The summed E-state index contributed by atoms with van der Waals surface area (Å²) in [6.07, 6.45) is 8.33. The van der Waals surface area contributed by atoms with Crippen molar-refractivity contribution < 1.29 is 26.8 Å². The molecule has 4 heteroatoms. The number of hydrogen-bond donors (Lipinski definition) is 1. The molecule has 2 rings (SSSR count). The van der Waals surface area contributed by atoms with Crippen LogP contribution < -0.4 is 0 Å². The average molecular weight is 322 g/mol. The predicted molar refractivity (Wildman–Crippen MR) is 78.3 cm³/mol. The fourth-order valence-electron chi connectivity index (χ4n) is 1.47. The maximum absolute atomic E-state index is 8.99. The van der Waals surface area contributed by atoms with Crippen LogP contribution in [0.15, 0.2) is 35.9 Å². The maximum atomic E-state index is 8.99. The summed E-state index contributed by atoms with van der Waals surface area (Å²) in [5.74, 6) is 0.354. The van der Waals surface area contributed by atoms with Crippen LogP contribution in [0.25, 0.3) is 0 Å². The van der Waals surface area contributed by atoms with Crippen molar-refractivity contribution in [3.63, 3.8) is 0 Å². The van der Waals surface area contributed by atoms with E-state index in [9.17, 15) is 0 Å². The van der Waals surface area contributed by atoms with Crippen molar-refractivity contribution in [3.8, 4) is 5.75 Å². The van der Waals surface area contributed by atoms with E-state index in [-0.39, 0.29) is 46.5 Å². The van der Waals surface area contributed by atoms with Gasteiger partial charge in [0.2, 0.25) is 0 Å². The van der Waals surface area contributed by atoms with E-state index in [1.165, 1.54) is 5.57 Å². The van der Waals surface area contributed by atoms with Crippen molar-refractivity contribution in [1.29, 1.82) is 0 Å². The summed E-state index contributed by atoms with van der Waals surface area (Å²) in [6.45, 7) is 5.99. The summed E-state index contributed by atoms with van der Waals surface area (Å²) in [7, 11) is 0. The van der Waals surface area contributed by atoms with E-state index in [1.54, 1.807) is 12.1 Å². The molecule has 0 aromatic heterocycles. The molecule has 0 saturated heterocycles. The van der Waals surface area contributed by atoms with Crippen LogP contribution in [0.1, 0.15) is 24.5 Å². The zero-order valence-corrected chi connectivity index (χ0v) is 14.1. The number of phenolic OH excluding ortho intramolecular Hbond substituents is 1. The van der Waals surface area contributed by atoms with Gasteiger partial charge in [0, 0.05) is 21.7 Å². The molecule has 0 atom stereocenters. The summed E-state index contributed by atoms with van der Waals surface area (Å²) < 4.78 is 0. The van der Waals surface area contributed by atoms with Gasteiger partial charge in [0.05, 0.1) is 0 Å². The second-order valence-corrected chi connectivity index (χ2v) is 3.81. The zero-order chi connectivity index (χ0) is 11.3. The Balaban J connectivity index is -0.000000225. The summed E-state index contributed by atoms with van der Waals surface area (Å²) in [5.41, 5.74) is 3.48. The Morgan fingerprint density at radius 3 is 1.72 bits per heavy atom. The standard InChI is InChI=1S/C8H10O.C6H7.2ClH.Ti/c1-6-3-7(2)5-8(9)4-6;1-6-4-2-3-5-6;;;/h3-5,9H,1-2H3;2,4H,3H2,1H3;2*1H;/q;-1;;;. The summed E-state index contributed by atoms with van der Waals surface area (Å²) in [6, 6.07) is 5.51. The van der Waals surface area contributed by atoms with Gasteiger partial charge >= 0.3 is 0 Å². The first kappa shape index (κ1) is 22.9. The van der Waals surface area contributed by atoms with Gasteiger partial charge in [-0.1, -0.05) is 13.0 Å². The van der Waals surface area contributed by atoms with Gasteiger partial charge in [-0.05, 0) is 37.1 Å². The molecule has 0 fully saturated rings. The fraction of sp³-hybridized carbons (Fsp3) is 0.286. The Hall–Kier alpha value is -0.206. The number of aryl methyl sites for hydroxylation is 2. The molecule has 100 valence electrons. The van der Waals surface area contributed by atoms with Gasteiger partial charge in [0.15, 0.2) is 0 Å². The van der Waals surface area contributed by atoms with Gasteiger partial charge in [-0.2, -0.15) is 6.08 Å². The van der Waals surface area contributed by atoms with Crippen LogP contribution in [-0.2, 0) is 21.7 Å². The van der Waals surface area contributed by atoms with Crippen LogP contribution in [0.4, 0.5) is 0 Å². The Labute approximate surface area is 137 Å². The van der Waals surface area contributed by atoms with E-state index in [2.05, 4.69) is 25.2 Å². The first-order valence-corrected chi connectivity index (χ1v) is 5.09. The molecule has 0 heterocycles. The molecule has 0 saturated carbocycles. The summed E-state index contributed by atoms with van der Waals surface area (Å²) >= 11 is 0. The number of phenols is 1. The van der Waals surface area contributed by atoms with E-state index in [0.29, 0.717) is 5.75 Å². The number of allylic oxidation sites excluding steroid dienone is 4. The van der Waals surface area contributed by atoms with Gasteiger partial charge in [0.1, 0.15) is 5.75 Å². The quantitative estimate of drug-likeness (QED) is 0.549. The van der Waals surface area contributed by atoms with E-state index in [4.69, 9.17) is 5.11 Å². The SMILES string of the molecule is CC1=[C-]CC=C1.Cc1cc(C)cc(O)c1.Cl.Cl.[Ti]. The van der Waals surface area contributed by atoms with Gasteiger partial charge in [-0.15, -0.1) is 31.2 Å². The van der Waals surface area contributed by atoms with Crippen molar-refractivity contribution in [2.24, 2.45) is 0 Å². The van der Waals surface area contributed by atoms with E-state index in [1.807, 2.05) is 19.9 Å². The minimum atomic E-state index is 0. The Morgan fingerprint density at radius 1 is 1.00 bits per heavy atom. The van der Waals surface area contributed by atoms with Gasteiger partial charge in [-0.25, -0.2) is 11.6 Å². The Morgan fingerprint density at radius 2 is 1.50 bits per heavy atom. The van der Waals surface area contributed by atoms with Crippen LogP contribution in [-0.4, -0.2) is 5.11 Å². The molecule has 1 aromatic rings. The summed E-state index contributed by atoms with van der Waals surface area (Å²) in [4.78, 5) is 0. The molecular formula is C14H19Cl2OTi-. The van der Waals surface area contributed by atoms with Crippen molar-refractivity contribution in [3.05, 3.63) is 53.1 Å². The van der Waals surface area contributed by atoms with Crippen LogP contribution >= 0.6 is 24.8 Å². The van der Waals surface area contributed by atoms with Crippen molar-refractivity contribution >= 4 is 24.8 Å². The second-order valence-electron chi connectivity index (χ2n) is 3.81. The number of halogens is 2. The van der Waals surface area contributed by atoms with Gasteiger partial charge in [-0.3, -0.25) is 6.08 Å². The first-order chi connectivity index (χ1) is 7.08. The smallest absolute Gasteiger partial charge is 0.116 e. The van der Waals surface area contributed by atoms with Crippen molar-refractivity contribution in [2.75, 3.05) is 0 Å². The maximum Gasteiger partial charge on any atom is 0.116 e. The fourth-order valence-corrected chi connectivity index (χ4v) is 1.47. The topological polar surface area (TPSA) is 20.2 Å². The molecule has 0 radical (unpaired) electrons. The Bertz CT molecular complexity index is 348. The van der Waals surface area contributed by atoms with Crippen LogP contribution in [0, 0.1) is 19.9 Å². The van der Waals surface area contributed by atoms with Crippen molar-refractivity contribution in [2.45, 2.75) is 27.2 Å². The largest absolute Gasteiger partial charge is 0.508 e. The predicted octanol–water partition coefficient (Wildman–Crippen LogP) is 4.55. The number of aromatic hydroxyl groups is 1. The molecule has 1 aliphatic carbocycles.